The predicted molar refractivity (Wildman–Crippen MR) is 78.8 cm³/mol. The van der Waals surface area contributed by atoms with E-state index in [0.717, 1.165) is 5.56 Å². The molecule has 116 valence electrons. The molecule has 2 atom stereocenters. The number of carboxylic acid groups (broad SMARTS) is 1. The highest BCUT2D eigenvalue weighted by atomic mass is 16.4. The van der Waals surface area contributed by atoms with Gasteiger partial charge in [-0.25, -0.2) is 0 Å². The third-order valence-corrected chi connectivity index (χ3v) is 3.32. The molecule has 1 aromatic carbocycles. The largest absolute Gasteiger partial charge is 0.508 e. The number of nitrogens with two attached hydrogens (primary N) is 1. The molecule has 0 aromatic heterocycles. The number of rotatable bonds is 7. The van der Waals surface area contributed by atoms with Crippen molar-refractivity contribution >= 4 is 11.9 Å². The van der Waals surface area contributed by atoms with Crippen LogP contribution in [0.25, 0.3) is 0 Å². The molecule has 0 saturated carbocycles. The molecule has 4 N–H and O–H groups in total. The molecule has 1 rings (SSSR count). The lowest BCUT2D eigenvalue weighted by atomic mass is 10.0. The Labute approximate surface area is 124 Å². The number of hydrogen-bond acceptors (Lipinski definition) is 4. The van der Waals surface area contributed by atoms with Gasteiger partial charge in [0.2, 0.25) is 5.91 Å². The van der Waals surface area contributed by atoms with Crippen molar-refractivity contribution in [3.63, 3.8) is 0 Å². The lowest BCUT2D eigenvalue weighted by Crippen LogP contribution is -2.47. The topological polar surface area (TPSA) is 104 Å². The molecular formula is C15H22N2O4. The Kier molecular flexibility index (Phi) is 6.17. The van der Waals surface area contributed by atoms with E-state index >= 15 is 0 Å². The minimum Gasteiger partial charge on any atom is -0.508 e. The van der Waals surface area contributed by atoms with Gasteiger partial charge in [0.1, 0.15) is 5.75 Å². The van der Waals surface area contributed by atoms with E-state index in [2.05, 4.69) is 0 Å². The zero-order valence-electron chi connectivity index (χ0n) is 12.3. The fraction of sp³-hybridized carbons (Fsp3) is 0.467. The van der Waals surface area contributed by atoms with Gasteiger partial charge < -0.3 is 20.8 Å². The molecule has 0 fully saturated rings. The second-order valence-corrected chi connectivity index (χ2v) is 5.09. The SMILES string of the molecule is CCN(CC(C)C(=O)O)C(=O)[C@@H](N)Cc1ccc(O)cc1. The van der Waals surface area contributed by atoms with Crippen molar-refractivity contribution < 1.29 is 19.8 Å². The van der Waals surface area contributed by atoms with Crippen LogP contribution < -0.4 is 5.73 Å². The molecule has 0 spiro atoms. The molecule has 6 nitrogen and oxygen atoms in total. The average molecular weight is 294 g/mol. The van der Waals surface area contributed by atoms with Crippen molar-refractivity contribution in [2.24, 2.45) is 11.7 Å². The Hall–Kier alpha value is -2.08. The summed E-state index contributed by atoms with van der Waals surface area (Å²) in [6, 6.07) is 5.76. The minimum atomic E-state index is -0.937. The summed E-state index contributed by atoms with van der Waals surface area (Å²) >= 11 is 0. The Morgan fingerprint density at radius 2 is 1.86 bits per heavy atom. The standard InChI is InChI=1S/C15H22N2O4/c1-3-17(9-10(2)15(20)21)14(19)13(16)8-11-4-6-12(18)7-5-11/h4-7,10,13,18H,3,8-9,16H2,1-2H3,(H,20,21)/t10?,13-/m0/s1. The van der Waals surface area contributed by atoms with Crippen LogP contribution in [0.4, 0.5) is 0 Å². The highest BCUT2D eigenvalue weighted by molar-refractivity contribution is 5.82. The highest BCUT2D eigenvalue weighted by Crippen LogP contribution is 2.12. The Morgan fingerprint density at radius 3 is 2.33 bits per heavy atom. The number of aliphatic carboxylic acids is 1. The number of benzene rings is 1. The number of carbonyl (C=O) groups is 2. The molecular weight excluding hydrogens is 272 g/mol. The van der Waals surface area contributed by atoms with Crippen molar-refractivity contribution in [1.29, 1.82) is 0 Å². The van der Waals surface area contributed by atoms with Gasteiger partial charge in [-0.1, -0.05) is 19.1 Å². The average Bonchev–Trinajstić information content (AvgIpc) is 2.45. The predicted octanol–water partition coefficient (Wildman–Crippen LogP) is 0.831. The van der Waals surface area contributed by atoms with Crippen molar-refractivity contribution in [2.75, 3.05) is 13.1 Å². The first kappa shape index (κ1) is 17.0. The molecule has 0 heterocycles. The number of hydrogen-bond donors (Lipinski definition) is 3. The van der Waals surface area contributed by atoms with Gasteiger partial charge in [-0.15, -0.1) is 0 Å². The van der Waals surface area contributed by atoms with Gasteiger partial charge in [-0.2, -0.15) is 0 Å². The molecule has 0 saturated heterocycles. The zero-order valence-corrected chi connectivity index (χ0v) is 12.3. The third-order valence-electron chi connectivity index (χ3n) is 3.32. The van der Waals surface area contributed by atoms with Gasteiger partial charge in [0.15, 0.2) is 0 Å². The quantitative estimate of drug-likeness (QED) is 0.691. The van der Waals surface area contributed by atoms with E-state index in [1.54, 1.807) is 26.0 Å². The van der Waals surface area contributed by atoms with Crippen LogP contribution in [-0.2, 0) is 16.0 Å². The van der Waals surface area contributed by atoms with Crippen LogP contribution in [0, 0.1) is 5.92 Å². The monoisotopic (exact) mass is 294 g/mol. The van der Waals surface area contributed by atoms with E-state index in [1.165, 1.54) is 17.0 Å². The van der Waals surface area contributed by atoms with Crippen LogP contribution in [0.5, 0.6) is 5.75 Å². The van der Waals surface area contributed by atoms with Crippen LogP contribution in [0.2, 0.25) is 0 Å². The molecule has 0 aliphatic carbocycles. The van der Waals surface area contributed by atoms with Crippen molar-refractivity contribution in [2.45, 2.75) is 26.3 Å². The summed E-state index contributed by atoms with van der Waals surface area (Å²) in [5, 5.41) is 18.1. The summed E-state index contributed by atoms with van der Waals surface area (Å²) in [6.45, 7) is 3.91. The molecule has 0 radical (unpaired) electrons. The fourth-order valence-corrected chi connectivity index (χ4v) is 1.99. The summed E-state index contributed by atoms with van der Waals surface area (Å²) in [5.74, 6) is -1.68. The summed E-state index contributed by atoms with van der Waals surface area (Å²) in [7, 11) is 0. The number of carboxylic acids is 1. The molecule has 0 aliphatic rings. The fourth-order valence-electron chi connectivity index (χ4n) is 1.99. The van der Waals surface area contributed by atoms with Gasteiger partial charge in [0, 0.05) is 13.1 Å². The van der Waals surface area contributed by atoms with E-state index in [0.29, 0.717) is 13.0 Å². The molecule has 21 heavy (non-hydrogen) atoms. The van der Waals surface area contributed by atoms with E-state index < -0.39 is 17.9 Å². The van der Waals surface area contributed by atoms with Gasteiger partial charge in [-0.05, 0) is 31.0 Å². The Balaban J connectivity index is 2.66. The van der Waals surface area contributed by atoms with E-state index in [4.69, 9.17) is 10.8 Å². The first-order chi connectivity index (χ1) is 9.85. The minimum absolute atomic E-state index is 0.147. The molecule has 1 amide bonds. The van der Waals surface area contributed by atoms with Crippen LogP contribution in [0.15, 0.2) is 24.3 Å². The first-order valence-electron chi connectivity index (χ1n) is 6.90. The number of aromatic hydroxyl groups is 1. The van der Waals surface area contributed by atoms with Crippen LogP contribution in [-0.4, -0.2) is 46.1 Å². The second-order valence-electron chi connectivity index (χ2n) is 5.09. The number of carbonyl (C=O) groups excluding carboxylic acids is 1. The number of likely N-dealkylation sites (N-methyl/N-ethyl adjacent to an activating group) is 1. The van der Waals surface area contributed by atoms with Gasteiger partial charge in [0.25, 0.3) is 0 Å². The smallest absolute Gasteiger partial charge is 0.308 e. The summed E-state index contributed by atoms with van der Waals surface area (Å²) < 4.78 is 0. The Morgan fingerprint density at radius 1 is 1.29 bits per heavy atom. The summed E-state index contributed by atoms with van der Waals surface area (Å²) in [4.78, 5) is 24.6. The Bertz CT molecular complexity index is 487. The van der Waals surface area contributed by atoms with E-state index in [9.17, 15) is 14.7 Å². The highest BCUT2D eigenvalue weighted by Gasteiger charge is 2.23. The van der Waals surface area contributed by atoms with Gasteiger partial charge in [-0.3, -0.25) is 9.59 Å². The number of amides is 1. The number of nitrogens with zero attached hydrogens (tertiary/aromatic N) is 1. The van der Waals surface area contributed by atoms with Gasteiger partial charge >= 0.3 is 5.97 Å². The molecule has 1 unspecified atom stereocenters. The third kappa shape index (κ3) is 5.07. The number of phenolic OH excluding ortho intramolecular Hbond substituents is 1. The molecule has 0 aliphatic heterocycles. The summed E-state index contributed by atoms with van der Waals surface area (Å²) in [5.41, 5.74) is 6.76. The maximum atomic E-state index is 12.3. The van der Waals surface area contributed by atoms with E-state index in [1.807, 2.05) is 0 Å². The molecule has 0 bridgehead atoms. The van der Waals surface area contributed by atoms with Crippen molar-refractivity contribution in [3.8, 4) is 5.75 Å². The van der Waals surface area contributed by atoms with Crippen LogP contribution >= 0.6 is 0 Å². The van der Waals surface area contributed by atoms with Crippen LogP contribution in [0.1, 0.15) is 19.4 Å². The van der Waals surface area contributed by atoms with Crippen LogP contribution in [0.3, 0.4) is 0 Å². The second kappa shape index (κ2) is 7.64. The lowest BCUT2D eigenvalue weighted by molar-refractivity contribution is -0.143. The normalized spacial score (nSPS) is 13.5. The molecule has 6 heteroatoms. The van der Waals surface area contributed by atoms with Gasteiger partial charge in [0.05, 0.1) is 12.0 Å². The maximum absolute atomic E-state index is 12.3. The maximum Gasteiger partial charge on any atom is 0.308 e. The van der Waals surface area contributed by atoms with E-state index in [-0.39, 0.29) is 18.2 Å². The number of phenols is 1. The lowest BCUT2D eigenvalue weighted by Gasteiger charge is -2.26. The molecule has 1 aromatic rings. The summed E-state index contributed by atoms with van der Waals surface area (Å²) in [6.07, 6.45) is 0.344. The zero-order chi connectivity index (χ0) is 16.0. The first-order valence-corrected chi connectivity index (χ1v) is 6.90. The van der Waals surface area contributed by atoms with Crippen molar-refractivity contribution in [1.82, 2.24) is 4.90 Å². The van der Waals surface area contributed by atoms with Crippen molar-refractivity contribution in [3.05, 3.63) is 29.8 Å².